The molecule has 1 fully saturated rings. The molecule has 1 aromatic carbocycles. The first-order chi connectivity index (χ1) is 14.5. The molecule has 3 atom stereocenters. The molecule has 2 N–H and O–H groups in total. The minimum absolute atomic E-state index is 0.0493. The van der Waals surface area contributed by atoms with Gasteiger partial charge in [-0.15, -0.1) is 5.10 Å². The first-order valence-electron chi connectivity index (χ1n) is 10.2. The fourth-order valence-electron chi connectivity index (χ4n) is 4.30. The standard InChI is InChI=1S/C21H25N5O3S/c1-2-14-11-15(18-7-4-10-22-21(18)27)8-9-20(14)30(28,29)25-17-6-3-5-16(12-17)19-13-23-26-24-19/h4,7-11,13,16-17,19,25H,2-3,5-6,12H2,1H3,(H,22,27)/t16-,17+,19?/m1/s1. The maximum Gasteiger partial charge on any atom is 0.255 e. The topological polar surface area (TPSA) is 116 Å². The zero-order valence-electron chi connectivity index (χ0n) is 16.8. The summed E-state index contributed by atoms with van der Waals surface area (Å²) in [5, 5.41) is 11.6. The summed E-state index contributed by atoms with van der Waals surface area (Å²) >= 11 is 0. The van der Waals surface area contributed by atoms with Crippen LogP contribution in [0, 0.1) is 5.92 Å². The van der Waals surface area contributed by atoms with Gasteiger partial charge < -0.3 is 4.98 Å². The molecule has 1 aliphatic heterocycles. The summed E-state index contributed by atoms with van der Waals surface area (Å²) in [6, 6.07) is 8.37. The highest BCUT2D eigenvalue weighted by Gasteiger charge is 2.32. The number of pyridine rings is 1. The summed E-state index contributed by atoms with van der Waals surface area (Å²) in [6.45, 7) is 1.91. The fraction of sp³-hybridized carbons (Fsp3) is 0.429. The first kappa shape index (κ1) is 20.6. The molecule has 9 heteroatoms. The van der Waals surface area contributed by atoms with Crippen molar-refractivity contribution in [1.29, 1.82) is 0 Å². The Balaban J connectivity index is 1.56. The average molecular weight is 428 g/mol. The third-order valence-electron chi connectivity index (χ3n) is 5.84. The summed E-state index contributed by atoms with van der Waals surface area (Å²) in [5.41, 5.74) is 1.71. The Morgan fingerprint density at radius 3 is 2.83 bits per heavy atom. The molecule has 2 aromatic rings. The Hall–Kier alpha value is -2.65. The van der Waals surface area contributed by atoms with E-state index in [-0.39, 0.29) is 28.5 Å². The van der Waals surface area contributed by atoms with Crippen molar-refractivity contribution < 1.29 is 8.42 Å². The van der Waals surface area contributed by atoms with Crippen LogP contribution >= 0.6 is 0 Å². The van der Waals surface area contributed by atoms with Crippen LogP contribution in [0.25, 0.3) is 11.1 Å². The lowest BCUT2D eigenvalue weighted by Crippen LogP contribution is -2.40. The number of H-pyrrole nitrogens is 1. The Bertz CT molecular complexity index is 1130. The van der Waals surface area contributed by atoms with E-state index in [1.54, 1.807) is 42.7 Å². The lowest BCUT2D eigenvalue weighted by molar-refractivity contribution is 0.296. The molecular formula is C21H25N5O3S. The molecule has 1 saturated carbocycles. The van der Waals surface area contributed by atoms with E-state index in [4.69, 9.17) is 0 Å². The molecule has 1 unspecified atom stereocenters. The van der Waals surface area contributed by atoms with Crippen LogP contribution in [0.15, 0.2) is 61.7 Å². The van der Waals surface area contributed by atoms with Crippen molar-refractivity contribution in [3.8, 4) is 11.1 Å². The van der Waals surface area contributed by atoms with E-state index in [0.717, 1.165) is 19.3 Å². The second-order valence-electron chi connectivity index (χ2n) is 7.79. The van der Waals surface area contributed by atoms with Crippen molar-refractivity contribution in [3.05, 3.63) is 52.4 Å². The van der Waals surface area contributed by atoms with Gasteiger partial charge in [0.15, 0.2) is 0 Å². The lowest BCUT2D eigenvalue weighted by atomic mass is 9.82. The molecule has 0 radical (unpaired) electrons. The highest BCUT2D eigenvalue weighted by atomic mass is 32.2. The minimum atomic E-state index is -3.68. The number of sulfonamides is 1. The zero-order chi connectivity index (χ0) is 21.1. The van der Waals surface area contributed by atoms with Crippen molar-refractivity contribution in [2.45, 2.75) is 56.0 Å². The number of benzene rings is 1. The van der Waals surface area contributed by atoms with Gasteiger partial charge in [-0.2, -0.15) is 5.11 Å². The van der Waals surface area contributed by atoms with Crippen molar-refractivity contribution in [3.63, 3.8) is 0 Å². The van der Waals surface area contributed by atoms with Crippen molar-refractivity contribution in [2.24, 2.45) is 21.4 Å². The summed E-state index contributed by atoms with van der Waals surface area (Å²) in [4.78, 5) is 15.0. The second-order valence-corrected chi connectivity index (χ2v) is 9.48. The maximum absolute atomic E-state index is 13.2. The highest BCUT2D eigenvalue weighted by Crippen LogP contribution is 2.31. The van der Waals surface area contributed by atoms with Crippen LogP contribution in [0.2, 0.25) is 0 Å². The molecular weight excluding hydrogens is 402 g/mol. The third-order valence-corrected chi connectivity index (χ3v) is 7.46. The van der Waals surface area contributed by atoms with E-state index in [0.29, 0.717) is 29.5 Å². The van der Waals surface area contributed by atoms with Crippen LogP contribution in [0.5, 0.6) is 0 Å². The van der Waals surface area contributed by atoms with Gasteiger partial charge in [0.1, 0.15) is 6.04 Å². The molecule has 0 spiro atoms. The van der Waals surface area contributed by atoms with Gasteiger partial charge in [0.25, 0.3) is 5.56 Å². The number of hydrogen-bond donors (Lipinski definition) is 2. The van der Waals surface area contributed by atoms with Gasteiger partial charge >= 0.3 is 0 Å². The van der Waals surface area contributed by atoms with E-state index in [9.17, 15) is 13.2 Å². The molecule has 0 saturated heterocycles. The van der Waals surface area contributed by atoms with Gasteiger partial charge in [-0.3, -0.25) is 4.79 Å². The molecule has 0 bridgehead atoms. The van der Waals surface area contributed by atoms with E-state index < -0.39 is 10.0 Å². The second kappa shape index (κ2) is 8.61. The van der Waals surface area contributed by atoms with Crippen LogP contribution in [0.1, 0.15) is 38.2 Å². The number of hydrogen-bond acceptors (Lipinski definition) is 6. The van der Waals surface area contributed by atoms with Gasteiger partial charge in [-0.05, 0) is 72.2 Å². The SMILES string of the molecule is CCc1cc(-c2ccc[nH]c2=O)ccc1S(=O)(=O)N[C@H]1CCC[C@@H](C2C=NN=N2)C1. The molecule has 8 nitrogen and oxygen atoms in total. The summed E-state index contributed by atoms with van der Waals surface area (Å²) in [6.07, 6.45) is 7.30. The smallest absolute Gasteiger partial charge is 0.255 e. The molecule has 2 heterocycles. The van der Waals surface area contributed by atoms with Crippen LogP contribution in [-0.2, 0) is 16.4 Å². The van der Waals surface area contributed by atoms with E-state index >= 15 is 0 Å². The summed E-state index contributed by atoms with van der Waals surface area (Å²) in [5.74, 6) is 0.249. The molecule has 4 rings (SSSR count). The monoisotopic (exact) mass is 427 g/mol. The Morgan fingerprint density at radius 1 is 1.23 bits per heavy atom. The number of nitrogens with zero attached hydrogens (tertiary/aromatic N) is 3. The first-order valence-corrected chi connectivity index (χ1v) is 11.7. The maximum atomic E-state index is 13.2. The Kier molecular flexibility index (Phi) is 5.92. The largest absolute Gasteiger partial charge is 0.329 e. The fourth-order valence-corrected chi connectivity index (χ4v) is 5.87. The summed E-state index contributed by atoms with van der Waals surface area (Å²) < 4.78 is 29.2. The van der Waals surface area contributed by atoms with E-state index in [2.05, 4.69) is 25.1 Å². The average Bonchev–Trinajstić information content (AvgIpc) is 3.28. The molecule has 0 amide bonds. The van der Waals surface area contributed by atoms with Crippen molar-refractivity contribution >= 4 is 16.2 Å². The number of aryl methyl sites for hydroxylation is 1. The molecule has 1 aromatic heterocycles. The van der Waals surface area contributed by atoms with Crippen LogP contribution in [0.3, 0.4) is 0 Å². The molecule has 158 valence electrons. The van der Waals surface area contributed by atoms with Crippen LogP contribution < -0.4 is 10.3 Å². The minimum Gasteiger partial charge on any atom is -0.329 e. The number of aromatic nitrogens is 1. The quantitative estimate of drug-likeness (QED) is 0.737. The zero-order valence-corrected chi connectivity index (χ0v) is 17.6. The number of rotatable bonds is 6. The van der Waals surface area contributed by atoms with E-state index in [1.807, 2.05) is 6.92 Å². The lowest BCUT2D eigenvalue weighted by Gasteiger charge is -2.30. The number of aromatic amines is 1. The summed E-state index contributed by atoms with van der Waals surface area (Å²) in [7, 11) is -3.68. The number of nitrogens with one attached hydrogen (secondary N) is 2. The normalized spacial score (nSPS) is 23.7. The van der Waals surface area contributed by atoms with Crippen molar-refractivity contribution in [2.75, 3.05) is 0 Å². The van der Waals surface area contributed by atoms with Crippen molar-refractivity contribution in [1.82, 2.24) is 9.71 Å². The van der Waals surface area contributed by atoms with Crippen LogP contribution in [-0.4, -0.2) is 31.7 Å². The van der Waals surface area contributed by atoms with Gasteiger partial charge in [0, 0.05) is 17.8 Å². The van der Waals surface area contributed by atoms with Gasteiger partial charge in [-0.1, -0.05) is 19.4 Å². The van der Waals surface area contributed by atoms with Crippen LogP contribution in [0.4, 0.5) is 0 Å². The highest BCUT2D eigenvalue weighted by molar-refractivity contribution is 7.89. The van der Waals surface area contributed by atoms with Gasteiger partial charge in [-0.25, -0.2) is 13.1 Å². The van der Waals surface area contributed by atoms with E-state index in [1.165, 1.54) is 0 Å². The predicted molar refractivity (Wildman–Crippen MR) is 115 cm³/mol. The Morgan fingerprint density at radius 2 is 2.10 bits per heavy atom. The predicted octanol–water partition coefficient (Wildman–Crippen LogP) is 3.26. The van der Waals surface area contributed by atoms with Gasteiger partial charge in [0.05, 0.1) is 11.1 Å². The molecule has 30 heavy (non-hydrogen) atoms. The molecule has 2 aliphatic rings. The van der Waals surface area contributed by atoms with Gasteiger partial charge in [0.2, 0.25) is 10.0 Å². The third kappa shape index (κ3) is 4.27. The molecule has 1 aliphatic carbocycles. The Labute approximate surface area is 175 Å².